The molecule has 0 radical (unpaired) electrons. The van der Waals surface area contributed by atoms with Gasteiger partial charge in [0, 0.05) is 17.5 Å². The van der Waals surface area contributed by atoms with Crippen LogP contribution in [0.4, 0.5) is 5.69 Å². The minimum absolute atomic E-state index is 0.0294. The molecular formula is C9H9BrN4O3. The normalized spacial score (nSPS) is 9.47. The largest absolute Gasteiger partial charge is 0.492 e. The summed E-state index contributed by atoms with van der Waals surface area (Å²) >= 11 is 3.23. The third-order valence-corrected chi connectivity index (χ3v) is 2.50. The van der Waals surface area contributed by atoms with E-state index >= 15 is 0 Å². The number of benzene rings is 1. The highest BCUT2D eigenvalue weighted by Gasteiger charge is 2.09. The number of hydrogen-bond donors (Lipinski definition) is 0. The Kier molecular flexibility index (Phi) is 5.25. The Bertz CT molecular complexity index is 460. The van der Waals surface area contributed by atoms with E-state index in [1.54, 1.807) is 6.07 Å². The molecule has 0 spiro atoms. The van der Waals surface area contributed by atoms with Crippen molar-refractivity contribution in [1.82, 2.24) is 0 Å². The molecule has 17 heavy (non-hydrogen) atoms. The van der Waals surface area contributed by atoms with Crippen LogP contribution in [-0.2, 0) is 0 Å². The van der Waals surface area contributed by atoms with Crippen molar-refractivity contribution in [2.24, 2.45) is 5.11 Å². The zero-order chi connectivity index (χ0) is 12.7. The molecular weight excluding hydrogens is 292 g/mol. The molecule has 0 N–H and O–H groups in total. The van der Waals surface area contributed by atoms with Gasteiger partial charge in [-0.2, -0.15) is 0 Å². The van der Waals surface area contributed by atoms with E-state index in [0.717, 1.165) is 0 Å². The monoisotopic (exact) mass is 300 g/mol. The van der Waals surface area contributed by atoms with Crippen LogP contribution in [0, 0.1) is 10.1 Å². The number of nitrogens with zero attached hydrogens (tertiary/aromatic N) is 4. The van der Waals surface area contributed by atoms with Crippen LogP contribution < -0.4 is 4.74 Å². The number of halogens is 1. The number of hydrogen-bond acceptors (Lipinski definition) is 4. The lowest BCUT2D eigenvalue weighted by molar-refractivity contribution is -0.385. The predicted octanol–water partition coefficient (Wildman–Crippen LogP) is 3.44. The van der Waals surface area contributed by atoms with E-state index in [-0.39, 0.29) is 5.69 Å². The van der Waals surface area contributed by atoms with Crippen molar-refractivity contribution in [2.45, 2.75) is 6.42 Å². The molecule has 0 saturated heterocycles. The fraction of sp³-hybridized carbons (Fsp3) is 0.333. The maximum atomic E-state index is 10.6. The third-order valence-electron chi connectivity index (χ3n) is 1.85. The molecule has 90 valence electrons. The molecule has 7 nitrogen and oxygen atoms in total. The second-order valence-corrected chi connectivity index (χ2v) is 3.88. The standard InChI is InChI=1S/C9H9BrN4O3/c10-8-3-2-7(14(15)16)6-9(8)17-5-1-4-12-13-11/h2-3,6H,1,4-5H2. The van der Waals surface area contributed by atoms with E-state index in [9.17, 15) is 10.1 Å². The summed E-state index contributed by atoms with van der Waals surface area (Å²) in [4.78, 5) is 12.7. The first kappa shape index (κ1) is 13.3. The molecule has 1 aromatic carbocycles. The molecule has 1 aromatic rings. The lowest BCUT2D eigenvalue weighted by Crippen LogP contribution is -2.00. The average molecular weight is 301 g/mol. The first-order valence-electron chi connectivity index (χ1n) is 4.72. The van der Waals surface area contributed by atoms with Crippen LogP contribution in [-0.4, -0.2) is 18.1 Å². The van der Waals surface area contributed by atoms with Gasteiger partial charge in [0.15, 0.2) is 0 Å². The third kappa shape index (κ3) is 4.29. The van der Waals surface area contributed by atoms with Crippen molar-refractivity contribution >= 4 is 21.6 Å². The summed E-state index contributed by atoms with van der Waals surface area (Å²) in [6.07, 6.45) is 0.555. The second kappa shape index (κ2) is 6.72. The minimum Gasteiger partial charge on any atom is -0.492 e. The number of nitro groups is 1. The Morgan fingerprint density at radius 2 is 2.35 bits per heavy atom. The maximum absolute atomic E-state index is 10.6. The molecule has 8 heteroatoms. The van der Waals surface area contributed by atoms with Crippen molar-refractivity contribution in [3.63, 3.8) is 0 Å². The van der Waals surface area contributed by atoms with Gasteiger partial charge >= 0.3 is 0 Å². The zero-order valence-corrected chi connectivity index (χ0v) is 10.3. The molecule has 0 unspecified atom stereocenters. The Morgan fingerprint density at radius 3 is 3.00 bits per heavy atom. The van der Waals surface area contributed by atoms with Gasteiger partial charge in [-0.3, -0.25) is 10.1 Å². The Morgan fingerprint density at radius 1 is 1.59 bits per heavy atom. The Hall–Kier alpha value is -1.79. The summed E-state index contributed by atoms with van der Waals surface area (Å²) in [5.41, 5.74) is 8.03. The molecule has 0 aliphatic carbocycles. The Balaban J connectivity index is 2.60. The van der Waals surface area contributed by atoms with Crippen LogP contribution in [0.15, 0.2) is 27.8 Å². The fourth-order valence-corrected chi connectivity index (χ4v) is 1.44. The zero-order valence-electron chi connectivity index (χ0n) is 8.74. The van der Waals surface area contributed by atoms with Gasteiger partial charge in [-0.25, -0.2) is 0 Å². The van der Waals surface area contributed by atoms with E-state index in [0.29, 0.717) is 29.8 Å². The van der Waals surface area contributed by atoms with Gasteiger partial charge < -0.3 is 4.74 Å². The number of non-ortho nitro benzene ring substituents is 1. The van der Waals surface area contributed by atoms with Gasteiger partial charge in [-0.15, -0.1) is 0 Å². The van der Waals surface area contributed by atoms with Crippen LogP contribution in [0.25, 0.3) is 10.4 Å². The van der Waals surface area contributed by atoms with E-state index in [4.69, 9.17) is 10.3 Å². The molecule has 0 aliphatic rings. The molecule has 0 aliphatic heterocycles. The molecule has 0 saturated carbocycles. The second-order valence-electron chi connectivity index (χ2n) is 3.03. The van der Waals surface area contributed by atoms with E-state index in [1.807, 2.05) is 0 Å². The van der Waals surface area contributed by atoms with Gasteiger partial charge in [-0.05, 0) is 33.9 Å². The topological polar surface area (TPSA) is 101 Å². The number of nitro benzene ring substituents is 1. The first-order valence-corrected chi connectivity index (χ1v) is 5.52. The molecule has 1 rings (SSSR count). The van der Waals surface area contributed by atoms with Gasteiger partial charge in [0.25, 0.3) is 5.69 Å². The van der Waals surface area contributed by atoms with Crippen LogP contribution in [0.5, 0.6) is 5.75 Å². The highest BCUT2D eigenvalue weighted by atomic mass is 79.9. The van der Waals surface area contributed by atoms with Crippen molar-refractivity contribution in [3.8, 4) is 5.75 Å². The summed E-state index contributed by atoms with van der Waals surface area (Å²) in [6, 6.07) is 4.29. The van der Waals surface area contributed by atoms with Crippen LogP contribution in [0.2, 0.25) is 0 Å². The molecule has 0 atom stereocenters. The smallest absolute Gasteiger partial charge is 0.273 e. The Labute approximate surface area is 105 Å². The summed E-state index contributed by atoms with van der Waals surface area (Å²) in [7, 11) is 0. The van der Waals surface area contributed by atoms with Gasteiger partial charge in [-0.1, -0.05) is 5.11 Å². The molecule has 0 aromatic heterocycles. The average Bonchev–Trinajstić information content (AvgIpc) is 2.30. The summed E-state index contributed by atoms with van der Waals surface area (Å²) in [6.45, 7) is 0.668. The van der Waals surface area contributed by atoms with Crippen LogP contribution in [0.3, 0.4) is 0 Å². The van der Waals surface area contributed by atoms with Crippen LogP contribution >= 0.6 is 15.9 Å². The predicted molar refractivity (Wildman–Crippen MR) is 64.9 cm³/mol. The van der Waals surface area contributed by atoms with Crippen molar-refractivity contribution in [3.05, 3.63) is 43.2 Å². The number of azide groups is 1. The summed E-state index contributed by atoms with van der Waals surface area (Å²) in [5, 5.41) is 13.9. The first-order chi connectivity index (χ1) is 8.15. The molecule has 0 bridgehead atoms. The van der Waals surface area contributed by atoms with E-state index < -0.39 is 4.92 Å². The molecule has 0 fully saturated rings. The van der Waals surface area contributed by atoms with Crippen molar-refractivity contribution < 1.29 is 9.66 Å². The van der Waals surface area contributed by atoms with E-state index in [2.05, 4.69) is 26.0 Å². The molecule has 0 amide bonds. The minimum atomic E-state index is -0.487. The number of rotatable bonds is 6. The highest BCUT2D eigenvalue weighted by molar-refractivity contribution is 9.10. The quantitative estimate of drug-likeness (QED) is 0.201. The summed E-state index contributed by atoms with van der Waals surface area (Å²) in [5.74, 6) is 0.403. The summed E-state index contributed by atoms with van der Waals surface area (Å²) < 4.78 is 5.98. The van der Waals surface area contributed by atoms with Crippen molar-refractivity contribution in [1.29, 1.82) is 0 Å². The van der Waals surface area contributed by atoms with Crippen molar-refractivity contribution in [2.75, 3.05) is 13.2 Å². The van der Waals surface area contributed by atoms with Crippen LogP contribution in [0.1, 0.15) is 6.42 Å². The SMILES string of the molecule is [N-]=[N+]=NCCCOc1cc([N+](=O)[O-])ccc1Br. The lowest BCUT2D eigenvalue weighted by Gasteiger charge is -2.06. The maximum Gasteiger partial charge on any atom is 0.273 e. The van der Waals surface area contributed by atoms with Gasteiger partial charge in [0.1, 0.15) is 5.75 Å². The van der Waals surface area contributed by atoms with Gasteiger partial charge in [0.05, 0.1) is 22.1 Å². The molecule has 0 heterocycles. The number of ether oxygens (including phenoxy) is 1. The lowest BCUT2D eigenvalue weighted by atomic mass is 10.3. The fourth-order valence-electron chi connectivity index (χ4n) is 1.08. The van der Waals surface area contributed by atoms with E-state index in [1.165, 1.54) is 12.1 Å². The highest BCUT2D eigenvalue weighted by Crippen LogP contribution is 2.29. The van der Waals surface area contributed by atoms with Gasteiger partial charge in [0.2, 0.25) is 0 Å².